The van der Waals surface area contributed by atoms with E-state index in [1.807, 2.05) is 30.3 Å². The fourth-order valence-electron chi connectivity index (χ4n) is 2.50. The van der Waals surface area contributed by atoms with Crippen LogP contribution in [0.5, 0.6) is 5.75 Å². The van der Waals surface area contributed by atoms with Gasteiger partial charge in [0.2, 0.25) is 0 Å². The van der Waals surface area contributed by atoms with E-state index in [4.69, 9.17) is 27.9 Å². The first kappa shape index (κ1) is 14.2. The summed E-state index contributed by atoms with van der Waals surface area (Å²) in [7, 11) is 0. The van der Waals surface area contributed by atoms with Gasteiger partial charge in [-0.15, -0.1) is 11.6 Å². The van der Waals surface area contributed by atoms with Crippen LogP contribution in [0, 0.1) is 0 Å². The molecule has 1 aliphatic rings. The van der Waals surface area contributed by atoms with Gasteiger partial charge in [-0.1, -0.05) is 45.7 Å². The third-order valence-electron chi connectivity index (χ3n) is 3.47. The molecular formula is C16H13BrCl2O. The summed E-state index contributed by atoms with van der Waals surface area (Å²) in [5.41, 5.74) is 3.31. The second-order valence-corrected chi connectivity index (χ2v) is 6.69. The molecule has 1 heterocycles. The standard InChI is InChI=1S/C16H13BrCl2O/c17-12-7-11-5-6-20-16(11)13(9-12)15(19)8-10-3-1-2-4-14(10)18/h1-4,7,9,15H,5-6,8H2. The molecule has 0 amide bonds. The predicted molar refractivity (Wildman–Crippen MR) is 87.1 cm³/mol. The first-order valence-corrected chi connectivity index (χ1v) is 8.08. The lowest BCUT2D eigenvalue weighted by molar-refractivity contribution is 0.353. The van der Waals surface area contributed by atoms with Crippen LogP contribution in [0.15, 0.2) is 40.9 Å². The lowest BCUT2D eigenvalue weighted by Gasteiger charge is -2.15. The molecule has 1 nitrogen and oxygen atoms in total. The summed E-state index contributed by atoms with van der Waals surface area (Å²) in [6.07, 6.45) is 1.63. The Kier molecular flexibility index (Phi) is 4.25. The Morgan fingerprint density at radius 2 is 2.05 bits per heavy atom. The quantitative estimate of drug-likeness (QED) is 0.641. The van der Waals surface area contributed by atoms with Crippen LogP contribution in [-0.4, -0.2) is 6.61 Å². The van der Waals surface area contributed by atoms with Crippen molar-refractivity contribution in [2.24, 2.45) is 0 Å². The van der Waals surface area contributed by atoms with Gasteiger partial charge < -0.3 is 4.74 Å². The van der Waals surface area contributed by atoms with E-state index >= 15 is 0 Å². The van der Waals surface area contributed by atoms with E-state index in [9.17, 15) is 0 Å². The zero-order valence-electron chi connectivity index (χ0n) is 10.7. The summed E-state index contributed by atoms with van der Waals surface area (Å²) in [6.45, 7) is 0.731. The van der Waals surface area contributed by atoms with Gasteiger partial charge in [0.1, 0.15) is 5.75 Å². The Hall–Kier alpha value is -0.700. The van der Waals surface area contributed by atoms with E-state index in [-0.39, 0.29) is 5.38 Å². The van der Waals surface area contributed by atoms with Crippen LogP contribution in [0.3, 0.4) is 0 Å². The highest BCUT2D eigenvalue weighted by atomic mass is 79.9. The van der Waals surface area contributed by atoms with Crippen LogP contribution in [-0.2, 0) is 12.8 Å². The Morgan fingerprint density at radius 1 is 1.25 bits per heavy atom. The highest BCUT2D eigenvalue weighted by Crippen LogP contribution is 2.40. The zero-order chi connectivity index (χ0) is 14.1. The van der Waals surface area contributed by atoms with Crippen molar-refractivity contribution in [2.75, 3.05) is 6.61 Å². The molecule has 0 fully saturated rings. The van der Waals surface area contributed by atoms with Gasteiger partial charge in [-0.3, -0.25) is 0 Å². The topological polar surface area (TPSA) is 9.23 Å². The number of alkyl halides is 1. The van der Waals surface area contributed by atoms with Crippen LogP contribution in [0.25, 0.3) is 0 Å². The fraction of sp³-hybridized carbons (Fsp3) is 0.250. The molecule has 0 saturated heterocycles. The van der Waals surface area contributed by atoms with E-state index in [0.717, 1.165) is 39.4 Å². The number of rotatable bonds is 3. The molecule has 4 heteroatoms. The zero-order valence-corrected chi connectivity index (χ0v) is 13.8. The molecular weight excluding hydrogens is 359 g/mol. The van der Waals surface area contributed by atoms with Gasteiger partial charge in [0.25, 0.3) is 0 Å². The summed E-state index contributed by atoms with van der Waals surface area (Å²) >= 11 is 16.4. The molecule has 3 rings (SSSR count). The first-order chi connectivity index (χ1) is 9.65. The van der Waals surface area contributed by atoms with Gasteiger partial charge in [-0.05, 0) is 35.7 Å². The Morgan fingerprint density at radius 3 is 2.85 bits per heavy atom. The number of fused-ring (bicyclic) bond motifs is 1. The lowest BCUT2D eigenvalue weighted by Crippen LogP contribution is -2.00. The molecule has 2 aromatic carbocycles. The monoisotopic (exact) mass is 370 g/mol. The first-order valence-electron chi connectivity index (χ1n) is 6.48. The van der Waals surface area contributed by atoms with Crippen molar-refractivity contribution in [1.29, 1.82) is 0 Å². The minimum atomic E-state index is -0.153. The molecule has 1 aliphatic heterocycles. The highest BCUT2D eigenvalue weighted by Gasteiger charge is 2.22. The number of hydrogen-bond donors (Lipinski definition) is 0. The summed E-state index contributed by atoms with van der Waals surface area (Å²) in [4.78, 5) is 0. The summed E-state index contributed by atoms with van der Waals surface area (Å²) in [5, 5.41) is 0.602. The molecule has 0 saturated carbocycles. The number of hydrogen-bond acceptors (Lipinski definition) is 1. The largest absolute Gasteiger partial charge is 0.493 e. The number of halogens is 3. The van der Waals surface area contributed by atoms with Gasteiger partial charge >= 0.3 is 0 Å². The Bertz CT molecular complexity index is 642. The lowest BCUT2D eigenvalue weighted by atomic mass is 10.0. The number of benzene rings is 2. The van der Waals surface area contributed by atoms with E-state index in [1.165, 1.54) is 5.56 Å². The maximum absolute atomic E-state index is 6.61. The van der Waals surface area contributed by atoms with Crippen LogP contribution in [0.2, 0.25) is 5.02 Å². The van der Waals surface area contributed by atoms with Gasteiger partial charge in [-0.2, -0.15) is 0 Å². The molecule has 0 bridgehead atoms. The SMILES string of the molecule is Clc1ccccc1CC(Cl)c1cc(Br)cc2c1OCC2. The van der Waals surface area contributed by atoms with Gasteiger partial charge in [0.05, 0.1) is 12.0 Å². The van der Waals surface area contributed by atoms with Crippen molar-refractivity contribution in [3.05, 3.63) is 62.6 Å². The molecule has 2 aromatic rings. The molecule has 0 radical (unpaired) electrons. The van der Waals surface area contributed by atoms with Crippen molar-refractivity contribution in [2.45, 2.75) is 18.2 Å². The van der Waals surface area contributed by atoms with Crippen molar-refractivity contribution >= 4 is 39.1 Å². The summed E-state index contributed by atoms with van der Waals surface area (Å²) < 4.78 is 6.78. The van der Waals surface area contributed by atoms with Crippen molar-refractivity contribution in [3.8, 4) is 5.75 Å². The van der Waals surface area contributed by atoms with Gasteiger partial charge in [0.15, 0.2) is 0 Å². The number of ether oxygens (including phenoxy) is 1. The van der Waals surface area contributed by atoms with Crippen LogP contribution < -0.4 is 4.74 Å². The second kappa shape index (κ2) is 5.97. The van der Waals surface area contributed by atoms with E-state index in [0.29, 0.717) is 6.42 Å². The molecule has 0 N–H and O–H groups in total. The highest BCUT2D eigenvalue weighted by molar-refractivity contribution is 9.10. The van der Waals surface area contributed by atoms with Gasteiger partial charge in [0, 0.05) is 21.5 Å². The maximum atomic E-state index is 6.61. The fourth-order valence-corrected chi connectivity index (χ4v) is 3.56. The minimum absolute atomic E-state index is 0.153. The van der Waals surface area contributed by atoms with Crippen molar-refractivity contribution < 1.29 is 4.74 Å². The molecule has 1 unspecified atom stereocenters. The summed E-state index contributed by atoms with van der Waals surface area (Å²) in [6, 6.07) is 11.9. The molecule has 1 atom stereocenters. The minimum Gasteiger partial charge on any atom is -0.493 e. The maximum Gasteiger partial charge on any atom is 0.127 e. The Labute approximate surface area is 137 Å². The van der Waals surface area contributed by atoms with Crippen LogP contribution in [0.4, 0.5) is 0 Å². The van der Waals surface area contributed by atoms with Crippen LogP contribution in [0.1, 0.15) is 22.1 Å². The normalized spacial score (nSPS) is 14.8. The summed E-state index contributed by atoms with van der Waals surface area (Å²) in [5.74, 6) is 0.945. The van der Waals surface area contributed by atoms with Gasteiger partial charge in [-0.25, -0.2) is 0 Å². The molecule has 0 spiro atoms. The smallest absolute Gasteiger partial charge is 0.127 e. The molecule has 20 heavy (non-hydrogen) atoms. The molecule has 0 aromatic heterocycles. The van der Waals surface area contributed by atoms with Crippen molar-refractivity contribution in [1.82, 2.24) is 0 Å². The van der Waals surface area contributed by atoms with E-state index in [2.05, 4.69) is 22.0 Å². The van der Waals surface area contributed by atoms with Crippen molar-refractivity contribution in [3.63, 3.8) is 0 Å². The Balaban J connectivity index is 1.92. The van der Waals surface area contributed by atoms with E-state index < -0.39 is 0 Å². The average molecular weight is 372 g/mol. The third-order valence-corrected chi connectivity index (χ3v) is 4.69. The van der Waals surface area contributed by atoms with Crippen LogP contribution >= 0.6 is 39.1 Å². The molecule has 104 valence electrons. The average Bonchev–Trinajstić information content (AvgIpc) is 2.88. The third kappa shape index (κ3) is 2.83. The van der Waals surface area contributed by atoms with E-state index in [1.54, 1.807) is 0 Å². The second-order valence-electron chi connectivity index (χ2n) is 4.84. The predicted octanol–water partition coefficient (Wildman–Crippen LogP) is 5.56. The molecule has 0 aliphatic carbocycles.